The van der Waals surface area contributed by atoms with Gasteiger partial charge < -0.3 is 4.90 Å². The second-order valence-electron chi connectivity index (χ2n) is 5.85. The molecule has 1 saturated heterocycles. The number of aromatic amines is 1. The first-order valence-corrected chi connectivity index (χ1v) is 7.73. The maximum Gasteiger partial charge on any atom is 0.293 e. The van der Waals surface area contributed by atoms with Gasteiger partial charge in [0.2, 0.25) is 5.82 Å². The summed E-state index contributed by atoms with van der Waals surface area (Å²) >= 11 is 1.93. The van der Waals surface area contributed by atoms with Crippen LogP contribution in [0.1, 0.15) is 56.5 Å². The van der Waals surface area contributed by atoms with Gasteiger partial charge in [-0.3, -0.25) is 9.89 Å². The van der Waals surface area contributed by atoms with E-state index in [1.165, 1.54) is 0 Å². The molecule has 0 unspecified atom stereocenters. The number of thioether (sulfide) groups is 1. The first-order valence-electron chi connectivity index (χ1n) is 6.74. The fourth-order valence-electron chi connectivity index (χ4n) is 1.99. The van der Waals surface area contributed by atoms with Gasteiger partial charge in [0.15, 0.2) is 0 Å². The van der Waals surface area contributed by atoms with Crippen LogP contribution in [0.2, 0.25) is 0 Å². The summed E-state index contributed by atoms with van der Waals surface area (Å²) in [7, 11) is 0. The van der Waals surface area contributed by atoms with E-state index < -0.39 is 0 Å². The van der Waals surface area contributed by atoms with E-state index in [9.17, 15) is 4.79 Å². The van der Waals surface area contributed by atoms with E-state index in [2.05, 4.69) is 29.0 Å². The van der Waals surface area contributed by atoms with Crippen molar-refractivity contribution < 1.29 is 4.79 Å². The molecule has 19 heavy (non-hydrogen) atoms. The number of amides is 1. The zero-order valence-corrected chi connectivity index (χ0v) is 12.9. The largest absolute Gasteiger partial charge is 0.335 e. The maximum absolute atomic E-state index is 12.4. The molecule has 1 amide bonds. The lowest BCUT2D eigenvalue weighted by molar-refractivity contribution is 0.0752. The number of rotatable bonds is 2. The molecule has 0 aromatic carbocycles. The summed E-state index contributed by atoms with van der Waals surface area (Å²) in [5.41, 5.74) is 0. The Morgan fingerprint density at radius 3 is 2.79 bits per heavy atom. The van der Waals surface area contributed by atoms with Crippen LogP contribution in [-0.2, 0) is 0 Å². The first-order chi connectivity index (χ1) is 8.89. The standard InChI is InChI=1S/C13H22N4OS/c1-9(2)10-14-11(16-15-10)12(18)17-6-5-13(3,4)19-8-7-17/h9H,5-8H2,1-4H3,(H,14,15,16). The van der Waals surface area contributed by atoms with Crippen molar-refractivity contribution in [2.24, 2.45) is 0 Å². The van der Waals surface area contributed by atoms with Crippen molar-refractivity contribution >= 4 is 17.7 Å². The van der Waals surface area contributed by atoms with Gasteiger partial charge in [0, 0.05) is 29.5 Å². The van der Waals surface area contributed by atoms with Crippen LogP contribution in [0.5, 0.6) is 0 Å². The third kappa shape index (κ3) is 3.49. The van der Waals surface area contributed by atoms with E-state index in [4.69, 9.17) is 0 Å². The molecule has 0 radical (unpaired) electrons. The Hall–Kier alpha value is -1.04. The molecular weight excluding hydrogens is 260 g/mol. The molecular formula is C13H22N4OS. The smallest absolute Gasteiger partial charge is 0.293 e. The molecule has 1 fully saturated rings. The van der Waals surface area contributed by atoms with Crippen LogP contribution in [-0.4, -0.2) is 49.6 Å². The van der Waals surface area contributed by atoms with Crippen LogP contribution in [0.25, 0.3) is 0 Å². The minimum atomic E-state index is -0.0542. The third-order valence-electron chi connectivity index (χ3n) is 3.37. The van der Waals surface area contributed by atoms with Crippen LogP contribution in [0.4, 0.5) is 0 Å². The lowest BCUT2D eigenvalue weighted by atomic mass is 10.1. The van der Waals surface area contributed by atoms with E-state index >= 15 is 0 Å². The van der Waals surface area contributed by atoms with Crippen LogP contribution < -0.4 is 0 Å². The van der Waals surface area contributed by atoms with Crippen LogP contribution >= 0.6 is 11.8 Å². The van der Waals surface area contributed by atoms with Gasteiger partial charge in [0.05, 0.1) is 0 Å². The SMILES string of the molecule is CC(C)c1nc(C(=O)N2CCSC(C)(C)CC2)n[nH]1. The molecule has 0 bridgehead atoms. The number of hydrogen-bond acceptors (Lipinski definition) is 4. The van der Waals surface area contributed by atoms with E-state index in [1.54, 1.807) is 0 Å². The van der Waals surface area contributed by atoms with Crippen molar-refractivity contribution in [1.82, 2.24) is 20.1 Å². The summed E-state index contributed by atoms with van der Waals surface area (Å²) < 4.78 is 0.247. The Balaban J connectivity index is 2.06. The van der Waals surface area contributed by atoms with Crippen molar-refractivity contribution in [3.63, 3.8) is 0 Å². The zero-order chi connectivity index (χ0) is 14.0. The predicted molar refractivity (Wildman–Crippen MR) is 77.5 cm³/mol. The number of nitrogens with one attached hydrogen (secondary N) is 1. The van der Waals surface area contributed by atoms with E-state index in [0.717, 1.165) is 31.1 Å². The molecule has 1 aromatic rings. The van der Waals surface area contributed by atoms with Crippen molar-refractivity contribution in [2.75, 3.05) is 18.8 Å². The fraction of sp³-hybridized carbons (Fsp3) is 0.769. The fourth-order valence-corrected chi connectivity index (χ4v) is 3.09. The van der Waals surface area contributed by atoms with Crippen molar-refractivity contribution in [3.8, 4) is 0 Å². The minimum Gasteiger partial charge on any atom is -0.335 e. The highest BCUT2D eigenvalue weighted by Crippen LogP contribution is 2.30. The summed E-state index contributed by atoms with van der Waals surface area (Å²) in [5, 5.41) is 6.89. The third-order valence-corrected chi connectivity index (χ3v) is 4.74. The van der Waals surface area contributed by atoms with E-state index in [0.29, 0.717) is 5.82 Å². The van der Waals surface area contributed by atoms with Gasteiger partial charge in [-0.1, -0.05) is 27.7 Å². The molecule has 1 N–H and O–H groups in total. The number of carbonyl (C=O) groups is 1. The van der Waals surface area contributed by atoms with Gasteiger partial charge in [0.1, 0.15) is 5.82 Å². The minimum absolute atomic E-state index is 0.0542. The lowest BCUT2D eigenvalue weighted by Crippen LogP contribution is -2.34. The normalized spacial score (nSPS) is 19.5. The van der Waals surface area contributed by atoms with Crippen molar-refractivity contribution in [1.29, 1.82) is 0 Å². The van der Waals surface area contributed by atoms with Crippen LogP contribution in [0.3, 0.4) is 0 Å². The van der Waals surface area contributed by atoms with Gasteiger partial charge in [-0.25, -0.2) is 4.98 Å². The topological polar surface area (TPSA) is 61.9 Å². The second kappa shape index (κ2) is 5.53. The number of H-pyrrole nitrogens is 1. The summed E-state index contributed by atoms with van der Waals surface area (Å²) in [6.45, 7) is 10.1. The number of hydrogen-bond donors (Lipinski definition) is 1. The van der Waals surface area contributed by atoms with Crippen molar-refractivity contribution in [3.05, 3.63) is 11.6 Å². The highest BCUT2D eigenvalue weighted by Gasteiger charge is 2.28. The van der Waals surface area contributed by atoms with E-state index in [1.807, 2.05) is 30.5 Å². The highest BCUT2D eigenvalue weighted by molar-refractivity contribution is 8.00. The molecule has 1 aromatic heterocycles. The molecule has 2 heterocycles. The Kier molecular flexibility index (Phi) is 4.18. The second-order valence-corrected chi connectivity index (χ2v) is 7.65. The molecule has 5 nitrogen and oxygen atoms in total. The molecule has 0 saturated carbocycles. The highest BCUT2D eigenvalue weighted by atomic mass is 32.2. The summed E-state index contributed by atoms with van der Waals surface area (Å²) in [6.07, 6.45) is 1.00. The average molecular weight is 282 g/mol. The quantitative estimate of drug-likeness (QED) is 0.904. The summed E-state index contributed by atoms with van der Waals surface area (Å²) in [5.74, 6) is 2.25. The van der Waals surface area contributed by atoms with Gasteiger partial charge in [-0.2, -0.15) is 11.8 Å². The predicted octanol–water partition coefficient (Wildman–Crippen LogP) is 2.29. The molecule has 2 rings (SSSR count). The number of nitrogens with zero attached hydrogens (tertiary/aromatic N) is 3. The molecule has 0 aliphatic carbocycles. The number of carbonyl (C=O) groups excluding carboxylic acids is 1. The molecule has 0 spiro atoms. The molecule has 0 atom stereocenters. The maximum atomic E-state index is 12.4. The van der Waals surface area contributed by atoms with Gasteiger partial charge >= 0.3 is 0 Å². The molecule has 1 aliphatic rings. The Bertz CT molecular complexity index is 455. The Labute approximate surface area is 118 Å². The average Bonchev–Trinajstić information content (AvgIpc) is 2.75. The van der Waals surface area contributed by atoms with Gasteiger partial charge in [-0.15, -0.1) is 5.10 Å². The Morgan fingerprint density at radius 1 is 1.42 bits per heavy atom. The molecule has 1 aliphatic heterocycles. The molecule has 106 valence electrons. The Morgan fingerprint density at radius 2 is 2.16 bits per heavy atom. The van der Waals surface area contributed by atoms with E-state index in [-0.39, 0.29) is 16.6 Å². The lowest BCUT2D eigenvalue weighted by Gasteiger charge is -2.21. The van der Waals surface area contributed by atoms with Crippen LogP contribution in [0, 0.1) is 0 Å². The van der Waals surface area contributed by atoms with Gasteiger partial charge in [-0.05, 0) is 6.42 Å². The monoisotopic (exact) mass is 282 g/mol. The number of aromatic nitrogens is 3. The summed E-state index contributed by atoms with van der Waals surface area (Å²) in [6, 6.07) is 0. The first kappa shape index (κ1) is 14.4. The molecule has 6 heteroatoms. The van der Waals surface area contributed by atoms with Crippen molar-refractivity contribution in [2.45, 2.75) is 44.8 Å². The van der Waals surface area contributed by atoms with Gasteiger partial charge in [0.25, 0.3) is 5.91 Å². The van der Waals surface area contributed by atoms with Crippen LogP contribution in [0.15, 0.2) is 0 Å². The zero-order valence-electron chi connectivity index (χ0n) is 12.1. The summed E-state index contributed by atoms with van der Waals surface area (Å²) in [4.78, 5) is 18.5.